The lowest BCUT2D eigenvalue weighted by molar-refractivity contribution is -0.178. The minimum absolute atomic E-state index is 0.0334. The molecular formula is C54H67F3N8O8. The number of nitrogens with one attached hydrogen (secondary N) is 2. The first-order valence-corrected chi connectivity index (χ1v) is 25.0. The van der Waals surface area contributed by atoms with Crippen LogP contribution in [-0.4, -0.2) is 149 Å². The smallest absolute Gasteiger partial charge is 0.406 e. The summed E-state index contributed by atoms with van der Waals surface area (Å²) in [5.74, 6) is -2.68. The van der Waals surface area contributed by atoms with E-state index in [1.165, 1.54) is 27.7 Å². The first kappa shape index (κ1) is 53.0. The molecule has 3 fully saturated rings. The predicted octanol–water partition coefficient (Wildman–Crippen LogP) is 6.71. The van der Waals surface area contributed by atoms with Crippen LogP contribution in [0.4, 0.5) is 18.0 Å². The number of likely N-dealkylation sites (tertiary alicyclic amines) is 1. The lowest BCUT2D eigenvalue weighted by atomic mass is 9.84. The van der Waals surface area contributed by atoms with E-state index >= 15 is 0 Å². The third kappa shape index (κ3) is 11.4. The summed E-state index contributed by atoms with van der Waals surface area (Å²) in [6.45, 7) is 13.3. The lowest BCUT2D eigenvalue weighted by Crippen LogP contribution is -2.73. The standard InChI is InChI=1S/C54H67F3N8O8/c1-9-44(66)62-21-22-73-53(28-62)29-63(30-53)51(70)61(7)46(33(2)3)48(67)60-42-24-35-13-10-14-36(23-35)37-17-18-43-40(25-37)41(26-52(5,6)32-72-50(69)38-15-12-20-65(49(42)68)59-27-38)47(64(43)31-54(55,56)57)39-16-11-19-58-45(39)34(4)71-8/h9-11,13-14,16-19,23,25,33-34,38,42,46,59H,1,12,15,20-22,24,26-32H2,2-8H3,(H,60,67)/t34-,38+,42-,46?/m0/s1. The molecule has 4 aliphatic rings. The number of urea groups is 1. The van der Waals surface area contributed by atoms with Gasteiger partial charge in [-0.15, -0.1) is 0 Å². The molecule has 2 aromatic heterocycles. The molecule has 5 amide bonds. The molecule has 392 valence electrons. The monoisotopic (exact) mass is 1010 g/mol. The number of hydrazine groups is 1. The van der Waals surface area contributed by atoms with Crippen LogP contribution in [0.2, 0.25) is 0 Å². The minimum Gasteiger partial charge on any atom is -0.465 e. The van der Waals surface area contributed by atoms with Crippen molar-refractivity contribution < 1.29 is 51.4 Å². The minimum atomic E-state index is -4.60. The maximum absolute atomic E-state index is 14.8. The number of carbonyl (C=O) groups is 5. The molecule has 16 nitrogen and oxygen atoms in total. The van der Waals surface area contributed by atoms with Crippen molar-refractivity contribution in [3.8, 4) is 22.4 Å². The highest BCUT2D eigenvalue weighted by Gasteiger charge is 2.51. The Bertz CT molecular complexity index is 2750. The molecule has 2 aromatic carbocycles. The van der Waals surface area contributed by atoms with E-state index in [2.05, 4.69) is 22.3 Å². The Morgan fingerprint density at radius 3 is 2.48 bits per heavy atom. The van der Waals surface area contributed by atoms with Gasteiger partial charge in [-0.2, -0.15) is 13.2 Å². The number of morpholine rings is 1. The molecule has 6 heterocycles. The number of esters is 1. The van der Waals surface area contributed by atoms with E-state index in [-0.39, 0.29) is 57.5 Å². The van der Waals surface area contributed by atoms with Crippen LogP contribution in [0.1, 0.15) is 70.4 Å². The van der Waals surface area contributed by atoms with Gasteiger partial charge in [-0.3, -0.25) is 29.2 Å². The van der Waals surface area contributed by atoms with Crippen LogP contribution in [0.25, 0.3) is 33.3 Å². The van der Waals surface area contributed by atoms with Crippen molar-refractivity contribution in [3.05, 3.63) is 90.3 Å². The number of ether oxygens (including phenoxy) is 3. The second-order valence-corrected chi connectivity index (χ2v) is 21.1. The van der Waals surface area contributed by atoms with Gasteiger partial charge >= 0.3 is 18.2 Å². The van der Waals surface area contributed by atoms with Gasteiger partial charge in [-0.1, -0.05) is 64.6 Å². The van der Waals surface area contributed by atoms with Crippen LogP contribution in [0.15, 0.2) is 73.4 Å². The Labute approximate surface area is 424 Å². The van der Waals surface area contributed by atoms with Gasteiger partial charge < -0.3 is 38.8 Å². The van der Waals surface area contributed by atoms with Gasteiger partial charge in [-0.25, -0.2) is 10.2 Å². The summed E-state index contributed by atoms with van der Waals surface area (Å²) >= 11 is 0. The highest BCUT2D eigenvalue weighted by atomic mass is 19.4. The Hall–Kier alpha value is -6.31. The number of hydrogen-bond acceptors (Lipinski definition) is 10. The number of fused-ring (bicyclic) bond motifs is 7. The van der Waals surface area contributed by atoms with E-state index in [0.717, 1.165) is 5.56 Å². The van der Waals surface area contributed by atoms with Gasteiger partial charge in [0.2, 0.25) is 11.8 Å². The van der Waals surface area contributed by atoms with Crippen LogP contribution >= 0.6 is 0 Å². The van der Waals surface area contributed by atoms with E-state index in [9.17, 15) is 37.1 Å². The number of methoxy groups -OCH3 is 1. The summed E-state index contributed by atoms with van der Waals surface area (Å²) in [6, 6.07) is 13.7. The first-order chi connectivity index (χ1) is 34.6. The second kappa shape index (κ2) is 21.3. The molecule has 1 spiro atoms. The van der Waals surface area contributed by atoms with E-state index in [1.54, 1.807) is 54.2 Å². The summed E-state index contributed by atoms with van der Waals surface area (Å²) in [4.78, 5) is 79.0. The zero-order valence-corrected chi connectivity index (χ0v) is 42.7. The molecule has 4 atom stereocenters. The average molecular weight is 1010 g/mol. The van der Waals surface area contributed by atoms with Crippen LogP contribution in [0.3, 0.4) is 0 Å². The second-order valence-electron chi connectivity index (χ2n) is 21.1. The van der Waals surface area contributed by atoms with Gasteiger partial charge in [0.05, 0.1) is 56.3 Å². The number of pyridine rings is 1. The Morgan fingerprint density at radius 1 is 1.03 bits per heavy atom. The van der Waals surface area contributed by atoms with E-state index < -0.39 is 71.7 Å². The normalized spacial score (nSPS) is 21.2. The van der Waals surface area contributed by atoms with Gasteiger partial charge in [0, 0.05) is 68.3 Å². The van der Waals surface area contributed by atoms with Crippen LogP contribution in [-0.2, 0) is 52.8 Å². The third-order valence-corrected chi connectivity index (χ3v) is 14.6. The fourth-order valence-corrected chi connectivity index (χ4v) is 10.9. The van der Waals surface area contributed by atoms with Crippen molar-refractivity contribution in [2.45, 2.75) is 96.8 Å². The molecule has 2 N–H and O–H groups in total. The summed E-state index contributed by atoms with van der Waals surface area (Å²) < 4.78 is 63.4. The average Bonchev–Trinajstić information content (AvgIpc) is 3.45. The zero-order chi connectivity index (χ0) is 52.6. The Kier molecular flexibility index (Phi) is 15.4. The number of benzene rings is 2. The number of amides is 5. The quantitative estimate of drug-likeness (QED) is 0.136. The summed E-state index contributed by atoms with van der Waals surface area (Å²) in [7, 11) is 3.08. The fraction of sp³-hybridized carbons (Fsp3) is 0.519. The SMILES string of the molecule is C=CC(=O)N1CCOC2(C1)CN(C(=O)N(C)C(C(=O)N[C@H]1Cc3cccc(c3)-c3ccc4c(c3)c(c(-c3cccnc3[C@H](C)OC)n4CC(F)(F)F)CC(C)(C)COC(=O)[C@@H]3CCCN(NC3)C1=O)C(C)C)C2. The van der Waals surface area contributed by atoms with Crippen molar-refractivity contribution in [1.82, 2.24) is 40.0 Å². The highest BCUT2D eigenvalue weighted by molar-refractivity contribution is 5.96. The van der Waals surface area contributed by atoms with Crippen molar-refractivity contribution in [2.24, 2.45) is 17.3 Å². The molecule has 4 aromatic rings. The molecular weight excluding hydrogens is 946 g/mol. The Balaban J connectivity index is 1.16. The van der Waals surface area contributed by atoms with Crippen LogP contribution in [0.5, 0.6) is 0 Å². The number of likely N-dealkylation sites (N-methyl/N-ethyl adjacent to an activating group) is 1. The summed E-state index contributed by atoms with van der Waals surface area (Å²) in [5.41, 5.74) is 6.05. The summed E-state index contributed by atoms with van der Waals surface area (Å²) in [6.07, 6.45) is -1.20. The van der Waals surface area contributed by atoms with E-state index in [1.807, 2.05) is 58.0 Å². The molecule has 0 aliphatic carbocycles. The van der Waals surface area contributed by atoms with Crippen LogP contribution < -0.4 is 10.7 Å². The number of rotatable bonds is 9. The number of aromatic nitrogens is 2. The molecule has 0 saturated carbocycles. The first-order valence-electron chi connectivity index (χ1n) is 25.0. The molecule has 6 bridgehead atoms. The maximum atomic E-state index is 14.8. The molecule has 8 rings (SSSR count). The van der Waals surface area contributed by atoms with Crippen molar-refractivity contribution >= 4 is 40.6 Å². The van der Waals surface area contributed by atoms with E-state index in [4.69, 9.17) is 14.2 Å². The predicted molar refractivity (Wildman–Crippen MR) is 267 cm³/mol. The fourth-order valence-electron chi connectivity index (χ4n) is 10.9. The molecule has 73 heavy (non-hydrogen) atoms. The topological polar surface area (TPSA) is 168 Å². The number of cyclic esters (lactones) is 1. The van der Waals surface area contributed by atoms with Gasteiger partial charge in [0.25, 0.3) is 5.91 Å². The summed E-state index contributed by atoms with van der Waals surface area (Å²) in [5, 5.41) is 5.04. The number of halogens is 3. The molecule has 3 saturated heterocycles. The van der Waals surface area contributed by atoms with Crippen molar-refractivity contribution in [1.29, 1.82) is 0 Å². The van der Waals surface area contributed by atoms with Gasteiger partial charge in [0.15, 0.2) is 0 Å². The van der Waals surface area contributed by atoms with E-state index in [0.29, 0.717) is 77.1 Å². The highest BCUT2D eigenvalue weighted by Crippen LogP contribution is 2.43. The van der Waals surface area contributed by atoms with Crippen LogP contribution in [0, 0.1) is 17.3 Å². The lowest BCUT2D eigenvalue weighted by Gasteiger charge is -2.54. The van der Waals surface area contributed by atoms with Gasteiger partial charge in [-0.05, 0) is 84.7 Å². The number of carbonyl (C=O) groups excluding carboxylic acids is 5. The number of alkyl halides is 3. The number of nitrogens with zero attached hydrogens (tertiary/aromatic N) is 6. The van der Waals surface area contributed by atoms with Gasteiger partial charge in [0.1, 0.15) is 24.2 Å². The molecule has 1 unspecified atom stereocenters. The molecule has 4 aliphatic heterocycles. The Morgan fingerprint density at radius 2 is 1.77 bits per heavy atom. The largest absolute Gasteiger partial charge is 0.465 e. The van der Waals surface area contributed by atoms with Crippen molar-refractivity contribution in [3.63, 3.8) is 0 Å². The molecule has 0 radical (unpaired) electrons. The number of hydrogen-bond donors (Lipinski definition) is 2. The third-order valence-electron chi connectivity index (χ3n) is 14.6. The van der Waals surface area contributed by atoms with Crippen molar-refractivity contribution in [2.75, 3.05) is 66.6 Å². The maximum Gasteiger partial charge on any atom is 0.406 e. The zero-order valence-electron chi connectivity index (χ0n) is 42.7. The molecule has 19 heteroatoms.